The van der Waals surface area contributed by atoms with Crippen LogP contribution in [0.5, 0.6) is 11.5 Å². The molecule has 0 spiro atoms. The highest BCUT2D eigenvalue weighted by atomic mass is 19.4. The Morgan fingerprint density at radius 2 is 1.50 bits per heavy atom. The van der Waals surface area contributed by atoms with E-state index < -0.39 is 12.3 Å². The molecule has 0 heterocycles. The molecule has 0 radical (unpaired) electrons. The summed E-state index contributed by atoms with van der Waals surface area (Å²) in [5.74, 6) is 0.385. The molecule has 1 atom stereocenters. The Balaban J connectivity index is 3.13. The van der Waals surface area contributed by atoms with Crippen LogP contribution in [-0.4, -0.2) is 25.5 Å². The van der Waals surface area contributed by atoms with E-state index in [1.165, 1.54) is 20.3 Å². The van der Waals surface area contributed by atoms with Gasteiger partial charge in [-0.05, 0) is 17.7 Å². The van der Waals surface area contributed by atoms with E-state index >= 15 is 0 Å². The van der Waals surface area contributed by atoms with E-state index in [9.17, 15) is 13.2 Å². The average molecular weight is 236 g/mol. The lowest BCUT2D eigenvalue weighted by atomic mass is 10.1. The van der Waals surface area contributed by atoms with Gasteiger partial charge in [0.2, 0.25) is 0 Å². The quantitative estimate of drug-likeness (QED) is 0.875. The molecule has 90 valence electrons. The first kappa shape index (κ1) is 12.6. The van der Waals surface area contributed by atoms with Crippen molar-refractivity contribution in [2.45, 2.75) is 12.3 Å². The van der Waals surface area contributed by atoms with Crippen LogP contribution in [0.1, 0.15) is 11.7 Å². The number of aliphatic hydroxyl groups is 1. The molecule has 16 heavy (non-hydrogen) atoms. The van der Waals surface area contributed by atoms with Crippen molar-refractivity contribution in [1.82, 2.24) is 0 Å². The van der Waals surface area contributed by atoms with E-state index in [4.69, 9.17) is 14.6 Å². The lowest BCUT2D eigenvalue weighted by Gasteiger charge is -2.16. The van der Waals surface area contributed by atoms with Crippen LogP contribution in [0.15, 0.2) is 18.2 Å². The van der Waals surface area contributed by atoms with Crippen molar-refractivity contribution in [1.29, 1.82) is 0 Å². The highest BCUT2D eigenvalue weighted by molar-refractivity contribution is 5.39. The molecule has 0 saturated heterocycles. The van der Waals surface area contributed by atoms with E-state index in [0.29, 0.717) is 0 Å². The Hall–Kier alpha value is -1.43. The predicted molar refractivity (Wildman–Crippen MR) is 50.6 cm³/mol. The molecule has 0 aliphatic carbocycles. The maximum atomic E-state index is 12.3. The van der Waals surface area contributed by atoms with E-state index in [1.807, 2.05) is 0 Å². The molecule has 1 rings (SSSR count). The van der Waals surface area contributed by atoms with Crippen molar-refractivity contribution in [3.05, 3.63) is 23.8 Å². The Labute approximate surface area is 90.4 Å². The van der Waals surface area contributed by atoms with E-state index in [1.54, 1.807) is 0 Å². The largest absolute Gasteiger partial charge is 0.497 e. The van der Waals surface area contributed by atoms with Crippen molar-refractivity contribution < 1.29 is 27.8 Å². The zero-order chi connectivity index (χ0) is 12.3. The number of methoxy groups -OCH3 is 2. The van der Waals surface area contributed by atoms with Crippen molar-refractivity contribution >= 4 is 0 Å². The zero-order valence-corrected chi connectivity index (χ0v) is 8.71. The number of ether oxygens (including phenoxy) is 2. The molecule has 0 aliphatic rings. The number of aliphatic hydroxyl groups excluding tert-OH is 1. The molecule has 0 saturated carbocycles. The Kier molecular flexibility index (Phi) is 3.64. The van der Waals surface area contributed by atoms with Crippen molar-refractivity contribution in [2.24, 2.45) is 0 Å². The number of hydrogen-bond acceptors (Lipinski definition) is 3. The molecule has 1 aromatic carbocycles. The van der Waals surface area contributed by atoms with Gasteiger partial charge >= 0.3 is 6.18 Å². The first-order valence-electron chi connectivity index (χ1n) is 4.36. The Morgan fingerprint density at radius 3 is 1.81 bits per heavy atom. The van der Waals surface area contributed by atoms with E-state index in [2.05, 4.69) is 0 Å². The molecule has 1 N–H and O–H groups in total. The van der Waals surface area contributed by atoms with Gasteiger partial charge in [0.05, 0.1) is 14.2 Å². The van der Waals surface area contributed by atoms with Gasteiger partial charge in [-0.2, -0.15) is 13.2 Å². The highest BCUT2D eigenvalue weighted by Crippen LogP contribution is 2.35. The summed E-state index contributed by atoms with van der Waals surface area (Å²) in [7, 11) is 2.64. The van der Waals surface area contributed by atoms with Gasteiger partial charge in [0.25, 0.3) is 0 Å². The number of rotatable bonds is 3. The van der Waals surface area contributed by atoms with Gasteiger partial charge < -0.3 is 14.6 Å². The third-order valence-electron chi connectivity index (χ3n) is 2.00. The molecule has 0 aromatic heterocycles. The molecule has 0 aliphatic heterocycles. The standard InChI is InChI=1S/C10H11F3O3/c1-15-7-3-6(4-8(5-7)16-2)9(14)10(11,12)13/h3-5,9,14H,1-2H3/t9-/m1/s1. The van der Waals surface area contributed by atoms with Gasteiger partial charge in [-0.1, -0.05) is 0 Å². The normalized spacial score (nSPS) is 13.4. The lowest BCUT2D eigenvalue weighted by Crippen LogP contribution is -2.20. The monoisotopic (exact) mass is 236 g/mol. The minimum absolute atomic E-state index is 0.192. The summed E-state index contributed by atoms with van der Waals surface area (Å²) < 4.78 is 46.4. The van der Waals surface area contributed by atoms with Crippen LogP contribution in [-0.2, 0) is 0 Å². The second kappa shape index (κ2) is 4.61. The summed E-state index contributed by atoms with van der Waals surface area (Å²) in [5.41, 5.74) is -0.316. The summed E-state index contributed by atoms with van der Waals surface area (Å²) in [6.07, 6.45) is -7.26. The van der Waals surface area contributed by atoms with Gasteiger partial charge in [0, 0.05) is 6.07 Å². The van der Waals surface area contributed by atoms with Gasteiger partial charge in [-0.25, -0.2) is 0 Å². The molecular weight excluding hydrogens is 225 g/mol. The first-order chi connectivity index (χ1) is 7.38. The summed E-state index contributed by atoms with van der Waals surface area (Å²) in [4.78, 5) is 0. The second-order valence-corrected chi connectivity index (χ2v) is 3.09. The fraction of sp³-hybridized carbons (Fsp3) is 0.400. The van der Waals surface area contributed by atoms with Crippen LogP contribution in [0.2, 0.25) is 0 Å². The minimum Gasteiger partial charge on any atom is -0.497 e. The third kappa shape index (κ3) is 2.79. The maximum absolute atomic E-state index is 12.3. The van der Waals surface area contributed by atoms with Crippen LogP contribution in [0, 0.1) is 0 Å². The molecule has 0 fully saturated rings. The van der Waals surface area contributed by atoms with E-state index in [0.717, 1.165) is 12.1 Å². The van der Waals surface area contributed by atoms with Gasteiger partial charge in [0.15, 0.2) is 6.10 Å². The smallest absolute Gasteiger partial charge is 0.418 e. The van der Waals surface area contributed by atoms with Crippen LogP contribution in [0.25, 0.3) is 0 Å². The average Bonchev–Trinajstić information content (AvgIpc) is 2.26. The van der Waals surface area contributed by atoms with Crippen LogP contribution >= 0.6 is 0 Å². The molecule has 1 aromatic rings. The van der Waals surface area contributed by atoms with Crippen molar-refractivity contribution in [3.8, 4) is 11.5 Å². The van der Waals surface area contributed by atoms with E-state index in [-0.39, 0.29) is 17.1 Å². The molecule has 3 nitrogen and oxygen atoms in total. The number of alkyl halides is 3. The van der Waals surface area contributed by atoms with Crippen molar-refractivity contribution in [2.75, 3.05) is 14.2 Å². The Morgan fingerprint density at radius 1 is 1.06 bits per heavy atom. The van der Waals surface area contributed by atoms with Gasteiger partial charge in [-0.15, -0.1) is 0 Å². The Bertz CT molecular complexity index is 341. The third-order valence-corrected chi connectivity index (χ3v) is 2.00. The first-order valence-corrected chi connectivity index (χ1v) is 4.36. The van der Waals surface area contributed by atoms with Gasteiger partial charge in [0.1, 0.15) is 11.5 Å². The number of halogens is 3. The second-order valence-electron chi connectivity index (χ2n) is 3.09. The van der Waals surface area contributed by atoms with Crippen molar-refractivity contribution in [3.63, 3.8) is 0 Å². The number of hydrogen-bond donors (Lipinski definition) is 1. The molecule has 0 unspecified atom stereocenters. The van der Waals surface area contributed by atoms with Gasteiger partial charge in [-0.3, -0.25) is 0 Å². The SMILES string of the molecule is COc1cc(OC)cc([C@@H](O)C(F)(F)F)c1. The zero-order valence-electron chi connectivity index (χ0n) is 8.71. The highest BCUT2D eigenvalue weighted by Gasteiger charge is 2.39. The molecule has 6 heteroatoms. The maximum Gasteiger partial charge on any atom is 0.418 e. The number of benzene rings is 1. The fourth-order valence-electron chi connectivity index (χ4n) is 1.18. The lowest BCUT2D eigenvalue weighted by molar-refractivity contribution is -0.206. The van der Waals surface area contributed by atoms with Crippen LogP contribution in [0.4, 0.5) is 13.2 Å². The summed E-state index contributed by atoms with van der Waals surface area (Å²) in [6, 6.07) is 3.65. The summed E-state index contributed by atoms with van der Waals surface area (Å²) in [5, 5.41) is 9.06. The summed E-state index contributed by atoms with van der Waals surface area (Å²) >= 11 is 0. The van der Waals surface area contributed by atoms with Crippen LogP contribution < -0.4 is 9.47 Å². The molecular formula is C10H11F3O3. The molecule has 0 bridgehead atoms. The topological polar surface area (TPSA) is 38.7 Å². The summed E-state index contributed by atoms with van der Waals surface area (Å²) in [6.45, 7) is 0. The molecule has 0 amide bonds. The minimum atomic E-state index is -4.71. The fourth-order valence-corrected chi connectivity index (χ4v) is 1.18. The predicted octanol–water partition coefficient (Wildman–Crippen LogP) is 2.30. The van der Waals surface area contributed by atoms with Crippen LogP contribution in [0.3, 0.4) is 0 Å².